The number of rotatable bonds is 8. The molecule has 8 aromatic carbocycles. The molecular weight excluding hydrogens is 1080 g/mol. The Morgan fingerprint density at radius 2 is 1.42 bits per heavy atom. The van der Waals surface area contributed by atoms with Crippen molar-refractivity contribution in [1.29, 1.82) is 0 Å². The zero-order chi connectivity index (χ0) is 75.9. The Hall–Kier alpha value is -7.33. The van der Waals surface area contributed by atoms with Crippen LogP contribution in [0.3, 0.4) is 0 Å². The van der Waals surface area contributed by atoms with Gasteiger partial charge >= 0.3 is 0 Å². The fourth-order valence-corrected chi connectivity index (χ4v) is 9.33. The summed E-state index contributed by atoms with van der Waals surface area (Å²) >= 11 is 0. The monoisotopic (exact) mass is 1170 g/mol. The zero-order valence-corrected chi connectivity index (χ0v) is 41.9. The number of pyridine rings is 1. The van der Waals surface area contributed by atoms with Crippen molar-refractivity contribution < 1.29 is 71.5 Å². The third kappa shape index (κ3) is 8.59. The molecule has 0 fully saturated rings. The summed E-state index contributed by atoms with van der Waals surface area (Å²) in [6, 6.07) is 30.9. The van der Waals surface area contributed by atoms with E-state index in [1.54, 1.807) is 102 Å². The Morgan fingerprint density at radius 3 is 2.20 bits per heavy atom. The minimum atomic E-state index is -4.66. The van der Waals surface area contributed by atoms with Gasteiger partial charge in [-0.3, -0.25) is 4.57 Å². The second-order valence-corrected chi connectivity index (χ2v) is 18.8. The largest absolute Gasteiger partial charge is 0.510 e. The Balaban J connectivity index is 0.0000108. The molecule has 0 amide bonds. The van der Waals surface area contributed by atoms with Crippen LogP contribution in [0.4, 0.5) is 0 Å². The van der Waals surface area contributed by atoms with E-state index < -0.39 is 146 Å². The number of ether oxygens (including phenoxy) is 1. The average Bonchev–Trinajstić information content (AvgIpc) is 0.723. The number of imidazole rings is 1. The van der Waals surface area contributed by atoms with Crippen LogP contribution in [0.15, 0.2) is 176 Å². The number of hydrogen-bond acceptors (Lipinski definition) is 2. The number of fused-ring (bicyclic) bond motifs is 5. The maximum Gasteiger partial charge on any atom is 0.268 e. The Morgan fingerprint density at radius 1 is 0.676 bits per heavy atom. The molecule has 12 rings (SSSR count). The average molecular weight is 1170 g/mol. The minimum Gasteiger partial charge on any atom is -0.510 e. The summed E-state index contributed by atoms with van der Waals surface area (Å²) in [4.78, 5) is 4.65. The molecule has 0 aliphatic heterocycles. The number of aromatic nitrogens is 4. The molecule has 0 spiro atoms. The molecule has 0 N–H and O–H groups in total. The molecule has 370 valence electrons. The number of aryl methyl sites for hydroxylation is 2. The van der Waals surface area contributed by atoms with Gasteiger partial charge in [-0.05, 0) is 116 Å². The molecule has 0 unspecified atom stereocenters. The second-order valence-electron chi connectivity index (χ2n) is 18.8. The topological polar surface area (TPSA) is 35.9 Å². The first-order valence-corrected chi connectivity index (χ1v) is 23.1. The summed E-state index contributed by atoms with van der Waals surface area (Å²) in [5, 5.41) is 1.30. The van der Waals surface area contributed by atoms with Crippen LogP contribution in [0, 0.1) is 32.2 Å². The van der Waals surface area contributed by atoms with Gasteiger partial charge < -0.3 is 13.9 Å². The van der Waals surface area contributed by atoms with Gasteiger partial charge in [-0.1, -0.05) is 186 Å². The standard InChI is InChI=1S/C68H60N4O.Pt/c1-44-35-55(47-21-17-22-49(38-47)66(3,4)5)65(56(36-44)48-29-32-58-59(39-48)68(8,9)34-33-67(58,6)7)71-43-70(61-27-15-16-28-62(61)71)50-23-18-24-51(40-50)73-52-30-31-54-53-25-13-14-26-60(53)72(63(54)41-52)64-37-45(2)57(42-69-64)46-19-11-10-12-20-46;/h10-32,35-39,42H,33-34H2,1-9H3;/q-2;/i1D3,2D3,6D3,7D3,8D3,9D3,10D,11D,12D,19D,20D,29D,32D,33D2,34D2,39D;. The van der Waals surface area contributed by atoms with Crippen LogP contribution in [0.5, 0.6) is 11.5 Å². The van der Waals surface area contributed by atoms with Crippen LogP contribution in [0.2, 0.25) is 0 Å². The molecule has 1 aliphatic carbocycles. The van der Waals surface area contributed by atoms with E-state index in [4.69, 9.17) is 36.3 Å². The van der Waals surface area contributed by atoms with Crippen LogP contribution in [0.1, 0.15) is 130 Å². The first-order chi connectivity index (χ1) is 47.4. The summed E-state index contributed by atoms with van der Waals surface area (Å²) in [6.07, 6.45) is -4.83. The predicted molar refractivity (Wildman–Crippen MR) is 300 cm³/mol. The first-order valence-electron chi connectivity index (χ1n) is 38.1. The minimum absolute atomic E-state index is 0. The van der Waals surface area contributed by atoms with Gasteiger partial charge in [0.1, 0.15) is 5.82 Å². The smallest absolute Gasteiger partial charge is 0.268 e. The molecular formula is C68H60N4OPt-2. The van der Waals surface area contributed by atoms with Crippen LogP contribution in [-0.4, -0.2) is 14.1 Å². The maximum atomic E-state index is 10.3. The molecule has 0 saturated carbocycles. The summed E-state index contributed by atoms with van der Waals surface area (Å²) in [6.45, 7) is -17.8. The van der Waals surface area contributed by atoms with E-state index in [9.17, 15) is 9.60 Å². The van der Waals surface area contributed by atoms with E-state index in [1.165, 1.54) is 21.3 Å². The first kappa shape index (κ1) is 25.3. The van der Waals surface area contributed by atoms with E-state index in [-0.39, 0.29) is 83.1 Å². The Kier molecular flexibility index (Phi) is 6.33. The molecule has 0 atom stereocenters. The van der Waals surface area contributed by atoms with Crippen molar-refractivity contribution in [2.24, 2.45) is 0 Å². The number of hydrogen-bond donors (Lipinski definition) is 0. The van der Waals surface area contributed by atoms with Crippen molar-refractivity contribution in [1.82, 2.24) is 14.1 Å². The Bertz CT molecular complexity index is 5280. The molecule has 6 heteroatoms. The fraction of sp³-hybridized carbons (Fsp3) is 0.206. The van der Waals surface area contributed by atoms with Gasteiger partial charge in [0.05, 0.1) is 27.7 Å². The molecule has 3 heterocycles. The normalized spacial score (nSPS) is 22.3. The molecule has 74 heavy (non-hydrogen) atoms. The number of para-hydroxylation sites is 3. The van der Waals surface area contributed by atoms with Gasteiger partial charge in [-0.25, -0.2) is 4.98 Å². The van der Waals surface area contributed by atoms with E-state index >= 15 is 0 Å². The summed E-state index contributed by atoms with van der Waals surface area (Å²) < 4.78 is 281. The third-order valence-corrected chi connectivity index (χ3v) is 12.9. The second kappa shape index (κ2) is 18.6. The molecule has 11 aromatic rings. The Labute approximate surface area is 492 Å². The molecule has 0 saturated heterocycles. The summed E-state index contributed by atoms with van der Waals surface area (Å²) in [7, 11) is 0. The van der Waals surface area contributed by atoms with E-state index in [2.05, 4.69) is 23.4 Å². The van der Waals surface area contributed by atoms with Crippen LogP contribution < -0.4 is 9.30 Å². The van der Waals surface area contributed by atoms with Crippen molar-refractivity contribution in [2.75, 3.05) is 0 Å². The van der Waals surface area contributed by atoms with Gasteiger partial charge in [0, 0.05) is 80.0 Å². The van der Waals surface area contributed by atoms with Crippen molar-refractivity contribution in [3.8, 4) is 62.1 Å². The number of nitrogens with zero attached hydrogens (tertiary/aromatic N) is 4. The quantitative estimate of drug-likeness (QED) is 0.112. The molecule has 1 aliphatic rings. The van der Waals surface area contributed by atoms with Crippen LogP contribution >= 0.6 is 0 Å². The molecule has 3 aromatic heterocycles. The van der Waals surface area contributed by atoms with E-state index in [1.807, 2.05) is 26.8 Å². The van der Waals surface area contributed by atoms with Crippen molar-refractivity contribution >= 4 is 32.8 Å². The summed E-state index contributed by atoms with van der Waals surface area (Å²) in [5.41, 5.74) is -13.7. The SMILES string of the molecule is [2H]c1c([2H])c([2H])c(-c2cnc(-n3c4[c-]c(Oc5[c-]c(-n6[c-][n+](-c7c(-c8cccc(C(C)(C)C)c8)cc(C([2H])([2H])[2H])cc7-c7c([2H])c([2H])c8c(c7[2H])C(C([2H])([2H])[2H])(C([2H])([2H])[2H])C([2H])([2H])C([2H])([2H])C8(C([2H])([2H])[2H])C([2H])([2H])[2H])c7ccccc76)ccc5)ccc4c4ccccc43)cc2C([2H])([2H])[2H])c([2H])c1[2H].[Pt]. The van der Waals surface area contributed by atoms with Gasteiger partial charge in [-0.2, -0.15) is 18.2 Å². The summed E-state index contributed by atoms with van der Waals surface area (Å²) in [5.74, 6) is 0.198. The van der Waals surface area contributed by atoms with Crippen molar-refractivity contribution in [3.05, 3.63) is 222 Å². The van der Waals surface area contributed by atoms with Crippen molar-refractivity contribution in [3.63, 3.8) is 0 Å². The maximum absolute atomic E-state index is 10.3. The zero-order valence-electron chi connectivity index (χ0n) is 69.6. The van der Waals surface area contributed by atoms with E-state index in [0.29, 0.717) is 32.9 Å². The molecule has 0 radical (unpaired) electrons. The van der Waals surface area contributed by atoms with Crippen molar-refractivity contribution in [2.45, 2.75) is 90.9 Å². The van der Waals surface area contributed by atoms with Gasteiger partial charge in [0.25, 0.3) is 6.33 Å². The fourth-order valence-electron chi connectivity index (χ4n) is 9.33. The van der Waals surface area contributed by atoms with Crippen LogP contribution in [-0.2, 0) is 37.3 Å². The predicted octanol–water partition coefficient (Wildman–Crippen LogP) is 16.9. The number of benzene rings is 8. The molecule has 5 nitrogen and oxygen atoms in total. The van der Waals surface area contributed by atoms with Gasteiger partial charge in [-0.15, -0.1) is 29.7 Å². The van der Waals surface area contributed by atoms with Crippen LogP contribution in [0.25, 0.3) is 83.4 Å². The van der Waals surface area contributed by atoms with E-state index in [0.717, 1.165) is 12.3 Å². The molecule has 0 bridgehead atoms. The van der Waals surface area contributed by atoms with Gasteiger partial charge in [0.15, 0.2) is 0 Å². The van der Waals surface area contributed by atoms with Gasteiger partial charge in [0.2, 0.25) is 0 Å². The third-order valence-electron chi connectivity index (χ3n) is 12.9.